The summed E-state index contributed by atoms with van der Waals surface area (Å²) in [5, 5.41) is 11.8. The van der Waals surface area contributed by atoms with E-state index in [-0.39, 0.29) is 18.5 Å². The van der Waals surface area contributed by atoms with Gasteiger partial charge in [0.15, 0.2) is 0 Å². The van der Waals surface area contributed by atoms with E-state index in [1.165, 1.54) is 4.90 Å². The van der Waals surface area contributed by atoms with Gasteiger partial charge in [-0.25, -0.2) is 4.79 Å². The minimum atomic E-state index is -0.981. The Labute approximate surface area is 122 Å². The van der Waals surface area contributed by atoms with Gasteiger partial charge < -0.3 is 15.3 Å². The van der Waals surface area contributed by atoms with Crippen LogP contribution < -0.4 is 5.32 Å². The molecule has 0 aromatic heterocycles. The number of hydrogen-bond acceptors (Lipinski definition) is 2. The second-order valence-corrected chi connectivity index (χ2v) is 6.51. The van der Waals surface area contributed by atoms with E-state index in [0.29, 0.717) is 30.8 Å². The van der Waals surface area contributed by atoms with Gasteiger partial charge >= 0.3 is 12.0 Å². The summed E-state index contributed by atoms with van der Waals surface area (Å²) in [6, 6.07) is -0.285. The summed E-state index contributed by atoms with van der Waals surface area (Å²) in [5.41, 5.74) is 0. The fourth-order valence-electron chi connectivity index (χ4n) is 2.38. The van der Waals surface area contributed by atoms with Gasteiger partial charge in [0.25, 0.3) is 0 Å². The number of rotatable bonds is 8. The molecule has 5 heteroatoms. The van der Waals surface area contributed by atoms with Crippen molar-refractivity contribution in [1.29, 1.82) is 0 Å². The molecule has 0 radical (unpaired) electrons. The molecule has 0 aliphatic rings. The van der Waals surface area contributed by atoms with E-state index in [0.717, 1.165) is 0 Å². The third-order valence-electron chi connectivity index (χ3n) is 3.40. The summed E-state index contributed by atoms with van der Waals surface area (Å²) in [5.74, 6) is 0.613. The van der Waals surface area contributed by atoms with Crippen molar-refractivity contribution in [2.24, 2.45) is 23.7 Å². The molecular weight excluding hydrogens is 256 g/mol. The third kappa shape index (κ3) is 7.36. The van der Waals surface area contributed by atoms with Crippen molar-refractivity contribution in [1.82, 2.24) is 10.2 Å². The molecule has 0 spiro atoms. The van der Waals surface area contributed by atoms with Crippen molar-refractivity contribution in [2.75, 3.05) is 19.6 Å². The van der Waals surface area contributed by atoms with Gasteiger partial charge in [0.2, 0.25) is 0 Å². The lowest BCUT2D eigenvalue weighted by Crippen LogP contribution is -2.46. The van der Waals surface area contributed by atoms with Gasteiger partial charge in [0.05, 0.1) is 0 Å². The Kier molecular flexibility index (Phi) is 8.26. The van der Waals surface area contributed by atoms with Gasteiger partial charge in [0, 0.05) is 13.1 Å². The summed E-state index contributed by atoms with van der Waals surface area (Å²) in [6.07, 6.45) is 0. The molecule has 0 atom stereocenters. The molecule has 0 saturated carbocycles. The number of carboxylic acid groups (broad SMARTS) is 1. The van der Waals surface area contributed by atoms with Crippen LogP contribution in [0.2, 0.25) is 0 Å². The molecule has 0 heterocycles. The van der Waals surface area contributed by atoms with Crippen LogP contribution in [-0.2, 0) is 4.79 Å². The number of nitrogens with one attached hydrogen (secondary N) is 1. The second-order valence-electron chi connectivity index (χ2n) is 6.51. The molecule has 0 aliphatic heterocycles. The standard InChI is InChI=1S/C15H30N2O3/c1-10(2)8-17(9-14(18)19)15(20)16-7-13(11(3)4)12(5)6/h10-13H,7-9H2,1-6H3,(H,16,20)(H,18,19). The normalized spacial score (nSPS) is 11.5. The van der Waals surface area contributed by atoms with Crippen LogP contribution in [0.5, 0.6) is 0 Å². The first-order valence-corrected chi connectivity index (χ1v) is 7.39. The highest BCUT2D eigenvalue weighted by molar-refractivity contribution is 5.80. The molecule has 0 aromatic rings. The summed E-state index contributed by atoms with van der Waals surface area (Å²) < 4.78 is 0. The van der Waals surface area contributed by atoms with E-state index in [1.807, 2.05) is 13.8 Å². The number of urea groups is 1. The maximum atomic E-state index is 12.1. The second kappa shape index (κ2) is 8.82. The van der Waals surface area contributed by atoms with Crippen molar-refractivity contribution in [3.05, 3.63) is 0 Å². The first-order valence-electron chi connectivity index (χ1n) is 7.39. The van der Waals surface area contributed by atoms with E-state index < -0.39 is 5.97 Å². The van der Waals surface area contributed by atoms with Crippen molar-refractivity contribution >= 4 is 12.0 Å². The molecule has 118 valence electrons. The number of hydrogen-bond donors (Lipinski definition) is 2. The zero-order valence-corrected chi connectivity index (χ0v) is 13.6. The number of amides is 2. The molecule has 0 aromatic carbocycles. The Morgan fingerprint density at radius 3 is 1.90 bits per heavy atom. The van der Waals surface area contributed by atoms with Gasteiger partial charge in [-0.1, -0.05) is 41.5 Å². The molecule has 5 nitrogen and oxygen atoms in total. The largest absolute Gasteiger partial charge is 0.480 e. The van der Waals surface area contributed by atoms with Crippen molar-refractivity contribution in [3.8, 4) is 0 Å². The minimum absolute atomic E-state index is 0.242. The Hall–Kier alpha value is -1.26. The molecule has 2 N–H and O–H groups in total. The topological polar surface area (TPSA) is 69.6 Å². The molecular formula is C15H30N2O3. The summed E-state index contributed by atoms with van der Waals surface area (Å²) in [4.78, 5) is 24.3. The van der Waals surface area contributed by atoms with Gasteiger partial charge in [-0.2, -0.15) is 0 Å². The van der Waals surface area contributed by atoms with Crippen LogP contribution in [0, 0.1) is 23.7 Å². The predicted molar refractivity (Wildman–Crippen MR) is 80.6 cm³/mol. The van der Waals surface area contributed by atoms with Gasteiger partial charge in [-0.05, 0) is 23.7 Å². The Morgan fingerprint density at radius 1 is 1.05 bits per heavy atom. The summed E-state index contributed by atoms with van der Waals surface area (Å²) in [7, 11) is 0. The molecule has 2 amide bonds. The zero-order chi connectivity index (χ0) is 15.9. The van der Waals surface area contributed by atoms with E-state index >= 15 is 0 Å². The number of carboxylic acids is 1. The summed E-state index contributed by atoms with van der Waals surface area (Å²) >= 11 is 0. The Morgan fingerprint density at radius 2 is 1.55 bits per heavy atom. The van der Waals surface area contributed by atoms with Crippen LogP contribution in [-0.4, -0.2) is 41.6 Å². The van der Waals surface area contributed by atoms with Crippen LogP contribution in [0.3, 0.4) is 0 Å². The molecule has 0 bridgehead atoms. The maximum Gasteiger partial charge on any atom is 0.323 e. The Balaban J connectivity index is 4.55. The third-order valence-corrected chi connectivity index (χ3v) is 3.40. The van der Waals surface area contributed by atoms with Crippen molar-refractivity contribution in [3.63, 3.8) is 0 Å². The molecule has 0 unspecified atom stereocenters. The predicted octanol–water partition coefficient (Wildman–Crippen LogP) is 2.67. The molecule has 0 fully saturated rings. The Bertz CT molecular complexity index is 306. The zero-order valence-electron chi connectivity index (χ0n) is 13.6. The number of nitrogens with zero attached hydrogens (tertiary/aromatic N) is 1. The molecule has 0 saturated heterocycles. The van der Waals surface area contributed by atoms with Crippen LogP contribution in [0.15, 0.2) is 0 Å². The van der Waals surface area contributed by atoms with Gasteiger partial charge in [-0.3, -0.25) is 4.79 Å². The number of carbonyl (C=O) groups excluding carboxylic acids is 1. The minimum Gasteiger partial charge on any atom is -0.480 e. The van der Waals surface area contributed by atoms with Crippen molar-refractivity contribution in [2.45, 2.75) is 41.5 Å². The first kappa shape index (κ1) is 18.7. The molecule has 0 aliphatic carbocycles. The van der Waals surface area contributed by atoms with E-state index in [4.69, 9.17) is 5.11 Å². The number of carbonyl (C=O) groups is 2. The maximum absolute atomic E-state index is 12.1. The van der Waals surface area contributed by atoms with Gasteiger partial charge in [-0.15, -0.1) is 0 Å². The lowest BCUT2D eigenvalue weighted by molar-refractivity contribution is -0.137. The quantitative estimate of drug-likeness (QED) is 0.720. The van der Waals surface area contributed by atoms with Crippen molar-refractivity contribution < 1.29 is 14.7 Å². The lowest BCUT2D eigenvalue weighted by atomic mass is 9.85. The van der Waals surface area contributed by atoms with Crippen LogP contribution in [0.4, 0.5) is 4.79 Å². The first-order chi connectivity index (χ1) is 9.15. The molecule has 20 heavy (non-hydrogen) atoms. The lowest BCUT2D eigenvalue weighted by Gasteiger charge is -2.28. The van der Waals surface area contributed by atoms with Crippen LogP contribution in [0.25, 0.3) is 0 Å². The monoisotopic (exact) mass is 286 g/mol. The summed E-state index contributed by atoms with van der Waals surface area (Å²) in [6.45, 7) is 13.3. The van der Waals surface area contributed by atoms with E-state index in [1.54, 1.807) is 0 Å². The van der Waals surface area contributed by atoms with Gasteiger partial charge in [0.1, 0.15) is 6.54 Å². The highest BCUT2D eigenvalue weighted by Gasteiger charge is 2.21. The van der Waals surface area contributed by atoms with Crippen LogP contribution in [0.1, 0.15) is 41.5 Å². The fraction of sp³-hybridized carbons (Fsp3) is 0.867. The molecule has 0 rings (SSSR count). The smallest absolute Gasteiger partial charge is 0.323 e. The SMILES string of the molecule is CC(C)CN(CC(=O)O)C(=O)NCC(C(C)C)C(C)C. The van der Waals surface area contributed by atoms with E-state index in [9.17, 15) is 9.59 Å². The van der Waals surface area contributed by atoms with Crippen LogP contribution >= 0.6 is 0 Å². The highest BCUT2D eigenvalue weighted by atomic mass is 16.4. The number of aliphatic carboxylic acids is 1. The average Bonchev–Trinajstić information content (AvgIpc) is 2.25. The van der Waals surface area contributed by atoms with E-state index in [2.05, 4.69) is 33.0 Å². The fourth-order valence-corrected chi connectivity index (χ4v) is 2.38. The average molecular weight is 286 g/mol. The highest BCUT2D eigenvalue weighted by Crippen LogP contribution is 2.19.